The van der Waals surface area contributed by atoms with Gasteiger partial charge in [-0.2, -0.15) is 0 Å². The van der Waals surface area contributed by atoms with Crippen LogP contribution >= 0.6 is 0 Å². The molecule has 0 aromatic heterocycles. The summed E-state index contributed by atoms with van der Waals surface area (Å²) in [5, 5.41) is 15.0. The van der Waals surface area contributed by atoms with Gasteiger partial charge in [-0.25, -0.2) is 4.79 Å². The second-order valence-corrected chi connectivity index (χ2v) is 16.0. The number of fused-ring (bicyclic) bond motifs is 2. The summed E-state index contributed by atoms with van der Waals surface area (Å²) in [6.07, 6.45) is 12.9. The number of aromatic hydroxyl groups is 1. The van der Waals surface area contributed by atoms with Gasteiger partial charge in [-0.1, -0.05) is 155 Å². The minimum absolute atomic E-state index is 0.0537. The molecule has 10 nitrogen and oxygen atoms in total. The molecule has 10 heteroatoms. The SMILES string of the molecule is CCCCCCCCCCCC(=O)OC[C@]1(C)CC(=O)N2C(/C=C/c3ccc(O)cc3)C(=O)N(Cc3cccc4ccccc34)CC2N1C(=O)NCc1ccccc1. The van der Waals surface area contributed by atoms with Gasteiger partial charge in [0.25, 0.3) is 0 Å². The number of ether oxygens (including phenoxy) is 1. The van der Waals surface area contributed by atoms with Gasteiger partial charge in [0.1, 0.15) is 24.6 Å². The van der Waals surface area contributed by atoms with E-state index in [2.05, 4.69) is 12.2 Å². The third kappa shape index (κ3) is 10.6. The van der Waals surface area contributed by atoms with Crippen LogP contribution in [0.2, 0.25) is 0 Å². The van der Waals surface area contributed by atoms with Gasteiger partial charge < -0.3 is 25.0 Å². The number of esters is 1. The van der Waals surface area contributed by atoms with Crippen molar-refractivity contribution < 1.29 is 29.0 Å². The summed E-state index contributed by atoms with van der Waals surface area (Å²) in [5.74, 6) is -0.820. The Morgan fingerprint density at radius 2 is 1.52 bits per heavy atom. The molecule has 2 heterocycles. The van der Waals surface area contributed by atoms with Crippen LogP contribution in [0.25, 0.3) is 16.8 Å². The van der Waals surface area contributed by atoms with E-state index < -0.39 is 23.8 Å². The van der Waals surface area contributed by atoms with Gasteiger partial charge in [-0.15, -0.1) is 0 Å². The van der Waals surface area contributed by atoms with E-state index in [-0.39, 0.29) is 62.6 Å². The van der Waals surface area contributed by atoms with E-state index in [1.165, 1.54) is 37.0 Å². The number of benzene rings is 4. The molecule has 0 bridgehead atoms. The number of piperazine rings is 1. The third-order valence-corrected chi connectivity index (χ3v) is 11.4. The average Bonchev–Trinajstić information content (AvgIpc) is 3.23. The van der Waals surface area contributed by atoms with Gasteiger partial charge in [-0.3, -0.25) is 19.3 Å². The second-order valence-electron chi connectivity index (χ2n) is 16.0. The molecular formula is C48H58N4O6. The second kappa shape index (κ2) is 20.2. The van der Waals surface area contributed by atoms with Crippen LogP contribution in [-0.2, 0) is 32.2 Å². The van der Waals surface area contributed by atoms with Crippen LogP contribution in [0.5, 0.6) is 5.75 Å². The van der Waals surface area contributed by atoms with Crippen molar-refractivity contribution in [2.45, 2.75) is 115 Å². The van der Waals surface area contributed by atoms with Crippen LogP contribution in [0.3, 0.4) is 0 Å². The predicted octanol–water partition coefficient (Wildman–Crippen LogP) is 8.96. The summed E-state index contributed by atoms with van der Waals surface area (Å²) in [6.45, 7) is 4.40. The van der Waals surface area contributed by atoms with Gasteiger partial charge in [-0.05, 0) is 52.9 Å². The Morgan fingerprint density at radius 3 is 2.26 bits per heavy atom. The van der Waals surface area contributed by atoms with E-state index in [4.69, 9.17) is 4.74 Å². The standard InChI is InChI=1S/C48H58N4O6/c1-3-4-5-6-7-8-9-10-14-24-45(55)58-35-48(2)31-44(54)51-42(30-27-36-25-28-40(53)29-26-36)46(56)50(33-39-22-17-21-38-20-15-16-23-41(38)39)34-43(51)52(48)47(57)49-32-37-18-12-11-13-19-37/h11-13,15-23,25-30,42-43,53H,3-10,14,24,31-35H2,1-2H3,(H,49,57)/b30-27+/t42?,43?,48-/m0/s1. The lowest BCUT2D eigenvalue weighted by molar-refractivity contribution is -0.178. The van der Waals surface area contributed by atoms with Crippen molar-refractivity contribution in [2.75, 3.05) is 13.2 Å². The molecule has 2 saturated heterocycles. The molecule has 0 aliphatic carbocycles. The molecular weight excluding hydrogens is 729 g/mol. The zero-order valence-corrected chi connectivity index (χ0v) is 34.0. The smallest absolute Gasteiger partial charge is 0.319 e. The number of hydrogen-bond donors (Lipinski definition) is 2. The van der Waals surface area contributed by atoms with E-state index in [0.717, 1.165) is 53.1 Å². The maximum Gasteiger partial charge on any atom is 0.319 e. The molecule has 3 atom stereocenters. The first-order chi connectivity index (χ1) is 28.2. The van der Waals surface area contributed by atoms with E-state index in [1.54, 1.807) is 53.1 Å². The number of rotatable bonds is 18. The molecule has 58 heavy (non-hydrogen) atoms. The zero-order valence-electron chi connectivity index (χ0n) is 34.0. The monoisotopic (exact) mass is 786 g/mol. The van der Waals surface area contributed by atoms with E-state index in [9.17, 15) is 24.3 Å². The topological polar surface area (TPSA) is 119 Å². The van der Waals surface area contributed by atoms with Crippen LogP contribution < -0.4 is 5.32 Å². The molecule has 306 valence electrons. The van der Waals surface area contributed by atoms with Crippen LogP contribution in [-0.4, -0.2) is 74.5 Å². The molecule has 2 N–H and O–H groups in total. The van der Waals surface area contributed by atoms with Crippen molar-refractivity contribution in [3.8, 4) is 5.75 Å². The van der Waals surface area contributed by atoms with E-state index in [0.29, 0.717) is 0 Å². The summed E-state index contributed by atoms with van der Waals surface area (Å²) < 4.78 is 5.92. The number of carbonyl (C=O) groups excluding carboxylic acids is 4. The molecule has 0 radical (unpaired) electrons. The minimum atomic E-state index is -1.20. The lowest BCUT2D eigenvalue weighted by Crippen LogP contribution is -2.77. The number of hydrogen-bond acceptors (Lipinski definition) is 6. The van der Waals surface area contributed by atoms with E-state index in [1.807, 2.05) is 72.8 Å². The fourth-order valence-corrected chi connectivity index (χ4v) is 8.25. The Kier molecular flexibility index (Phi) is 14.6. The minimum Gasteiger partial charge on any atom is -0.508 e. The van der Waals surface area contributed by atoms with Gasteiger partial charge >= 0.3 is 12.0 Å². The molecule has 2 aliphatic heterocycles. The average molecular weight is 787 g/mol. The molecule has 2 fully saturated rings. The molecule has 4 amide bonds. The van der Waals surface area contributed by atoms with Crippen LogP contribution in [0, 0.1) is 0 Å². The number of nitrogens with one attached hydrogen (secondary N) is 1. The van der Waals surface area contributed by atoms with E-state index >= 15 is 0 Å². The van der Waals surface area contributed by atoms with Crippen molar-refractivity contribution in [2.24, 2.45) is 0 Å². The van der Waals surface area contributed by atoms with Gasteiger partial charge in [0.05, 0.1) is 18.5 Å². The quantitative estimate of drug-likeness (QED) is 0.0768. The van der Waals surface area contributed by atoms with Gasteiger partial charge in [0.15, 0.2) is 0 Å². The molecule has 4 aromatic carbocycles. The first-order valence-corrected chi connectivity index (χ1v) is 21.0. The molecule has 4 aromatic rings. The van der Waals surface area contributed by atoms with Crippen molar-refractivity contribution in [3.63, 3.8) is 0 Å². The Balaban J connectivity index is 1.27. The molecule has 2 aliphatic rings. The number of phenolic OH excluding ortho intramolecular Hbond substituents is 1. The Bertz CT molecular complexity index is 2030. The fraction of sp³-hybridized carbons (Fsp3) is 0.417. The molecule has 6 rings (SSSR count). The number of nitrogens with zero attached hydrogens (tertiary/aromatic N) is 3. The maximum atomic E-state index is 14.6. The number of unbranched alkanes of at least 4 members (excludes halogenated alkanes) is 8. The number of amides is 4. The number of phenols is 1. The van der Waals surface area contributed by atoms with Gasteiger partial charge in [0, 0.05) is 19.5 Å². The lowest BCUT2D eigenvalue weighted by atomic mass is 9.88. The highest BCUT2D eigenvalue weighted by Gasteiger charge is 2.56. The highest BCUT2D eigenvalue weighted by atomic mass is 16.5. The van der Waals surface area contributed by atoms with Crippen molar-refractivity contribution in [1.29, 1.82) is 0 Å². The van der Waals surface area contributed by atoms with Crippen molar-refractivity contribution in [3.05, 3.63) is 120 Å². The lowest BCUT2D eigenvalue weighted by Gasteiger charge is -2.57. The maximum absolute atomic E-state index is 14.6. The summed E-state index contributed by atoms with van der Waals surface area (Å²) in [4.78, 5) is 61.6. The fourth-order valence-electron chi connectivity index (χ4n) is 8.25. The molecule has 2 unspecified atom stereocenters. The normalized spacial score (nSPS) is 19.4. The van der Waals surface area contributed by atoms with Crippen LogP contribution in [0.15, 0.2) is 103 Å². The predicted molar refractivity (Wildman–Crippen MR) is 227 cm³/mol. The summed E-state index contributed by atoms with van der Waals surface area (Å²) in [6, 6.07) is 28.7. The Morgan fingerprint density at radius 1 is 0.845 bits per heavy atom. The van der Waals surface area contributed by atoms with Gasteiger partial charge in [0.2, 0.25) is 11.8 Å². The third-order valence-electron chi connectivity index (χ3n) is 11.4. The Hall–Kier alpha value is -5.64. The molecule has 0 spiro atoms. The van der Waals surface area contributed by atoms with Crippen LogP contribution in [0.4, 0.5) is 4.79 Å². The van der Waals surface area contributed by atoms with Crippen molar-refractivity contribution >= 4 is 40.7 Å². The summed E-state index contributed by atoms with van der Waals surface area (Å²) in [7, 11) is 0. The Labute approximate surface area is 342 Å². The summed E-state index contributed by atoms with van der Waals surface area (Å²) >= 11 is 0. The number of urea groups is 1. The zero-order chi connectivity index (χ0) is 40.9. The first-order valence-electron chi connectivity index (χ1n) is 21.0. The largest absolute Gasteiger partial charge is 0.508 e. The summed E-state index contributed by atoms with van der Waals surface area (Å²) in [5.41, 5.74) is 1.38. The highest BCUT2D eigenvalue weighted by Crippen LogP contribution is 2.37. The highest BCUT2D eigenvalue weighted by molar-refractivity contribution is 5.94. The number of carbonyl (C=O) groups is 4. The van der Waals surface area contributed by atoms with Crippen LogP contribution in [0.1, 0.15) is 101 Å². The van der Waals surface area contributed by atoms with Crippen molar-refractivity contribution in [1.82, 2.24) is 20.0 Å². The first kappa shape index (κ1) is 42.0. The molecule has 0 saturated carbocycles.